The summed E-state index contributed by atoms with van der Waals surface area (Å²) in [5.41, 5.74) is 7.40. The first-order valence-corrected chi connectivity index (χ1v) is 6.27. The summed E-state index contributed by atoms with van der Waals surface area (Å²) in [4.78, 5) is 11.7. The quantitative estimate of drug-likeness (QED) is 0.623. The Bertz CT molecular complexity index is 404. The molecule has 0 fully saturated rings. The molecule has 100 valence electrons. The molecule has 0 radical (unpaired) electrons. The highest BCUT2D eigenvalue weighted by Crippen LogP contribution is 2.24. The number of esters is 1. The highest BCUT2D eigenvalue weighted by molar-refractivity contribution is 5.75. The van der Waals surface area contributed by atoms with Crippen LogP contribution in [0.3, 0.4) is 0 Å². The second-order valence-electron chi connectivity index (χ2n) is 4.19. The number of carbonyl (C=O) groups is 1. The zero-order chi connectivity index (χ0) is 13.5. The number of hydrogen-bond donors (Lipinski definition) is 1. The Labute approximate surface area is 108 Å². The van der Waals surface area contributed by atoms with Crippen LogP contribution in [0.2, 0.25) is 0 Å². The van der Waals surface area contributed by atoms with Crippen LogP contribution in [0.15, 0.2) is 18.2 Å². The SMILES string of the molecule is CCCC(Oc1cc(C)ccc1N)C(=O)OCC. The van der Waals surface area contributed by atoms with Gasteiger partial charge in [-0.3, -0.25) is 0 Å². The molecule has 0 aliphatic heterocycles. The molecule has 2 N–H and O–H groups in total. The molecule has 0 saturated heterocycles. The summed E-state index contributed by atoms with van der Waals surface area (Å²) in [5.74, 6) is 0.210. The van der Waals surface area contributed by atoms with Gasteiger partial charge in [0.2, 0.25) is 0 Å². The lowest BCUT2D eigenvalue weighted by atomic mass is 10.2. The second kappa shape index (κ2) is 6.89. The second-order valence-corrected chi connectivity index (χ2v) is 4.19. The summed E-state index contributed by atoms with van der Waals surface area (Å²) >= 11 is 0. The molecular weight excluding hydrogens is 230 g/mol. The van der Waals surface area contributed by atoms with Crippen LogP contribution < -0.4 is 10.5 Å². The van der Waals surface area contributed by atoms with Gasteiger partial charge in [0.25, 0.3) is 0 Å². The minimum Gasteiger partial charge on any atom is -0.477 e. The zero-order valence-electron chi connectivity index (χ0n) is 11.2. The molecule has 4 nitrogen and oxygen atoms in total. The van der Waals surface area contributed by atoms with E-state index in [-0.39, 0.29) is 5.97 Å². The maximum Gasteiger partial charge on any atom is 0.347 e. The van der Waals surface area contributed by atoms with Crippen molar-refractivity contribution in [3.63, 3.8) is 0 Å². The third-order valence-electron chi connectivity index (χ3n) is 2.54. The van der Waals surface area contributed by atoms with Crippen molar-refractivity contribution in [2.45, 2.75) is 39.7 Å². The van der Waals surface area contributed by atoms with Gasteiger partial charge in [0.05, 0.1) is 12.3 Å². The first-order valence-electron chi connectivity index (χ1n) is 6.27. The van der Waals surface area contributed by atoms with Crippen LogP contribution in [0.25, 0.3) is 0 Å². The van der Waals surface area contributed by atoms with Crippen LogP contribution in [0.5, 0.6) is 5.75 Å². The first-order chi connectivity index (χ1) is 8.58. The van der Waals surface area contributed by atoms with Crippen molar-refractivity contribution >= 4 is 11.7 Å². The van der Waals surface area contributed by atoms with E-state index >= 15 is 0 Å². The normalized spacial score (nSPS) is 11.9. The first kappa shape index (κ1) is 14.4. The Hall–Kier alpha value is -1.71. The highest BCUT2D eigenvalue weighted by atomic mass is 16.6. The third-order valence-corrected chi connectivity index (χ3v) is 2.54. The number of carbonyl (C=O) groups excluding carboxylic acids is 1. The number of rotatable bonds is 6. The molecular formula is C14H21NO3. The van der Waals surface area contributed by atoms with Gasteiger partial charge in [-0.25, -0.2) is 4.79 Å². The predicted octanol–water partition coefficient (Wildman–Crippen LogP) is 2.69. The molecule has 1 rings (SSSR count). The number of anilines is 1. The Morgan fingerprint density at radius 1 is 1.39 bits per heavy atom. The number of ether oxygens (including phenoxy) is 2. The van der Waals surface area contributed by atoms with Crippen molar-refractivity contribution < 1.29 is 14.3 Å². The molecule has 4 heteroatoms. The number of hydrogen-bond acceptors (Lipinski definition) is 4. The predicted molar refractivity (Wildman–Crippen MR) is 71.5 cm³/mol. The monoisotopic (exact) mass is 251 g/mol. The van der Waals surface area contributed by atoms with E-state index in [0.29, 0.717) is 24.5 Å². The Morgan fingerprint density at radius 3 is 2.72 bits per heavy atom. The molecule has 0 aliphatic rings. The van der Waals surface area contributed by atoms with Gasteiger partial charge < -0.3 is 15.2 Å². The van der Waals surface area contributed by atoms with Crippen LogP contribution in [-0.4, -0.2) is 18.7 Å². The average molecular weight is 251 g/mol. The maximum atomic E-state index is 11.7. The minimum atomic E-state index is -0.584. The van der Waals surface area contributed by atoms with E-state index in [1.54, 1.807) is 13.0 Å². The van der Waals surface area contributed by atoms with E-state index in [4.69, 9.17) is 15.2 Å². The Morgan fingerprint density at radius 2 is 2.11 bits per heavy atom. The molecule has 0 aromatic heterocycles. The fourth-order valence-electron chi connectivity index (χ4n) is 1.62. The van der Waals surface area contributed by atoms with Crippen molar-refractivity contribution in [1.29, 1.82) is 0 Å². The van der Waals surface area contributed by atoms with E-state index < -0.39 is 6.10 Å². The van der Waals surface area contributed by atoms with Gasteiger partial charge in [-0.15, -0.1) is 0 Å². The smallest absolute Gasteiger partial charge is 0.347 e. The summed E-state index contributed by atoms with van der Waals surface area (Å²) in [6.45, 7) is 6.08. The molecule has 0 spiro atoms. The molecule has 0 amide bonds. The highest BCUT2D eigenvalue weighted by Gasteiger charge is 2.21. The Balaban J connectivity index is 2.82. The van der Waals surface area contributed by atoms with E-state index in [1.807, 2.05) is 26.0 Å². The topological polar surface area (TPSA) is 61.5 Å². The molecule has 0 saturated carbocycles. The van der Waals surface area contributed by atoms with Crippen molar-refractivity contribution in [2.75, 3.05) is 12.3 Å². The molecule has 1 unspecified atom stereocenters. The van der Waals surface area contributed by atoms with Crippen molar-refractivity contribution in [3.8, 4) is 5.75 Å². The lowest BCUT2D eigenvalue weighted by Crippen LogP contribution is -2.29. The molecule has 1 aromatic rings. The van der Waals surface area contributed by atoms with Crippen molar-refractivity contribution in [1.82, 2.24) is 0 Å². The van der Waals surface area contributed by atoms with Gasteiger partial charge >= 0.3 is 5.97 Å². The summed E-state index contributed by atoms with van der Waals surface area (Å²) < 4.78 is 10.7. The standard InChI is InChI=1S/C14H21NO3/c1-4-6-12(14(16)17-5-2)18-13-9-10(3)7-8-11(13)15/h7-9,12H,4-6,15H2,1-3H3. The zero-order valence-corrected chi connectivity index (χ0v) is 11.2. The van der Waals surface area contributed by atoms with Crippen LogP contribution in [0.1, 0.15) is 32.3 Å². The lowest BCUT2D eigenvalue weighted by molar-refractivity contribution is -0.151. The van der Waals surface area contributed by atoms with E-state index in [1.165, 1.54) is 0 Å². The van der Waals surface area contributed by atoms with Gasteiger partial charge in [0.15, 0.2) is 6.10 Å². The maximum absolute atomic E-state index is 11.7. The molecule has 0 aliphatic carbocycles. The largest absolute Gasteiger partial charge is 0.477 e. The summed E-state index contributed by atoms with van der Waals surface area (Å²) in [7, 11) is 0. The van der Waals surface area contributed by atoms with E-state index in [2.05, 4.69) is 0 Å². The third kappa shape index (κ3) is 3.95. The number of benzene rings is 1. The summed E-state index contributed by atoms with van der Waals surface area (Å²) in [6, 6.07) is 5.51. The molecule has 1 atom stereocenters. The van der Waals surface area contributed by atoms with E-state index in [0.717, 1.165) is 12.0 Å². The average Bonchev–Trinajstić information content (AvgIpc) is 2.33. The fraction of sp³-hybridized carbons (Fsp3) is 0.500. The van der Waals surface area contributed by atoms with Gasteiger partial charge in [0, 0.05) is 0 Å². The lowest BCUT2D eigenvalue weighted by Gasteiger charge is -2.18. The van der Waals surface area contributed by atoms with Crippen LogP contribution >= 0.6 is 0 Å². The molecule has 18 heavy (non-hydrogen) atoms. The van der Waals surface area contributed by atoms with E-state index in [9.17, 15) is 4.79 Å². The van der Waals surface area contributed by atoms with Gasteiger partial charge in [0.1, 0.15) is 5.75 Å². The van der Waals surface area contributed by atoms with Gasteiger partial charge in [-0.05, 0) is 38.0 Å². The van der Waals surface area contributed by atoms with Gasteiger partial charge in [-0.1, -0.05) is 19.4 Å². The van der Waals surface area contributed by atoms with Gasteiger partial charge in [-0.2, -0.15) is 0 Å². The minimum absolute atomic E-state index is 0.333. The van der Waals surface area contributed by atoms with Crippen LogP contribution in [-0.2, 0) is 9.53 Å². The van der Waals surface area contributed by atoms with Crippen molar-refractivity contribution in [3.05, 3.63) is 23.8 Å². The summed E-state index contributed by atoms with van der Waals surface area (Å²) in [5, 5.41) is 0. The number of nitrogens with two attached hydrogens (primary N) is 1. The van der Waals surface area contributed by atoms with Crippen LogP contribution in [0.4, 0.5) is 5.69 Å². The fourth-order valence-corrected chi connectivity index (χ4v) is 1.62. The summed E-state index contributed by atoms with van der Waals surface area (Å²) in [6.07, 6.45) is 0.876. The Kier molecular flexibility index (Phi) is 5.49. The molecule has 0 bridgehead atoms. The van der Waals surface area contributed by atoms with Crippen LogP contribution in [0, 0.1) is 6.92 Å². The number of aryl methyl sites for hydroxylation is 1. The molecule has 0 heterocycles. The number of nitrogen functional groups attached to an aromatic ring is 1. The molecule has 1 aromatic carbocycles. The van der Waals surface area contributed by atoms with Crippen molar-refractivity contribution in [2.24, 2.45) is 0 Å².